The normalized spacial score (nSPS) is 10.5. The standard InChI is InChI=1S/C17H22ClN3/c1-4-19-17-11-10-15(18)16(20-17)12-21(5-2)14-8-6-13(3)7-9-14/h6-11H,4-5,12H2,1-3H3,(H,19,20). The average Bonchev–Trinajstić information content (AvgIpc) is 2.49. The Morgan fingerprint density at radius 2 is 1.81 bits per heavy atom. The van der Waals surface area contributed by atoms with Crippen molar-refractivity contribution >= 4 is 23.1 Å². The van der Waals surface area contributed by atoms with E-state index in [1.54, 1.807) is 0 Å². The van der Waals surface area contributed by atoms with Crippen LogP contribution in [0.25, 0.3) is 0 Å². The number of hydrogen-bond acceptors (Lipinski definition) is 3. The van der Waals surface area contributed by atoms with Crippen LogP contribution >= 0.6 is 11.6 Å². The summed E-state index contributed by atoms with van der Waals surface area (Å²) in [6, 6.07) is 12.4. The number of hydrogen-bond donors (Lipinski definition) is 1. The highest BCUT2D eigenvalue weighted by Gasteiger charge is 2.10. The lowest BCUT2D eigenvalue weighted by atomic mass is 10.2. The second kappa shape index (κ2) is 7.32. The summed E-state index contributed by atoms with van der Waals surface area (Å²) >= 11 is 6.29. The molecule has 0 aliphatic carbocycles. The third-order valence-corrected chi connectivity index (χ3v) is 3.74. The Morgan fingerprint density at radius 3 is 2.43 bits per heavy atom. The first-order chi connectivity index (χ1) is 10.1. The number of aryl methyl sites for hydroxylation is 1. The van der Waals surface area contributed by atoms with Gasteiger partial charge < -0.3 is 10.2 Å². The smallest absolute Gasteiger partial charge is 0.126 e. The van der Waals surface area contributed by atoms with Gasteiger partial charge in [0.2, 0.25) is 0 Å². The monoisotopic (exact) mass is 303 g/mol. The quantitative estimate of drug-likeness (QED) is 0.851. The van der Waals surface area contributed by atoms with E-state index < -0.39 is 0 Å². The maximum absolute atomic E-state index is 6.29. The van der Waals surface area contributed by atoms with Crippen molar-refractivity contribution in [2.75, 3.05) is 23.3 Å². The third kappa shape index (κ3) is 4.11. The molecule has 0 radical (unpaired) electrons. The number of pyridine rings is 1. The van der Waals surface area contributed by atoms with Crippen LogP contribution in [-0.4, -0.2) is 18.1 Å². The van der Waals surface area contributed by atoms with Gasteiger partial charge in [0.15, 0.2) is 0 Å². The van der Waals surface area contributed by atoms with E-state index in [9.17, 15) is 0 Å². The molecular formula is C17H22ClN3. The zero-order valence-corrected chi connectivity index (χ0v) is 13.6. The van der Waals surface area contributed by atoms with Crippen LogP contribution in [0.4, 0.5) is 11.5 Å². The molecule has 1 heterocycles. The second-order valence-electron chi connectivity index (χ2n) is 5.01. The van der Waals surface area contributed by atoms with Crippen LogP contribution in [0.1, 0.15) is 25.1 Å². The molecule has 0 atom stereocenters. The highest BCUT2D eigenvalue weighted by Crippen LogP contribution is 2.22. The Bertz CT molecular complexity index is 581. The number of anilines is 2. The fourth-order valence-electron chi connectivity index (χ4n) is 2.20. The van der Waals surface area contributed by atoms with Gasteiger partial charge in [0.05, 0.1) is 17.3 Å². The SMILES string of the molecule is CCNc1ccc(Cl)c(CN(CC)c2ccc(C)cc2)n1. The van der Waals surface area contributed by atoms with Crippen LogP contribution in [-0.2, 0) is 6.54 Å². The van der Waals surface area contributed by atoms with Crippen molar-refractivity contribution in [1.29, 1.82) is 0 Å². The zero-order valence-electron chi connectivity index (χ0n) is 12.9. The van der Waals surface area contributed by atoms with Gasteiger partial charge in [-0.15, -0.1) is 0 Å². The maximum Gasteiger partial charge on any atom is 0.126 e. The zero-order chi connectivity index (χ0) is 15.2. The molecule has 1 aromatic heterocycles. The van der Waals surface area contributed by atoms with Crippen molar-refractivity contribution in [3.05, 3.63) is 52.7 Å². The minimum absolute atomic E-state index is 0.706. The summed E-state index contributed by atoms with van der Waals surface area (Å²) in [7, 11) is 0. The molecule has 0 saturated heterocycles. The first-order valence-electron chi connectivity index (χ1n) is 7.35. The van der Waals surface area contributed by atoms with Crippen LogP contribution in [0.3, 0.4) is 0 Å². The lowest BCUT2D eigenvalue weighted by molar-refractivity contribution is 0.810. The molecule has 21 heavy (non-hydrogen) atoms. The number of nitrogens with zero attached hydrogens (tertiary/aromatic N) is 2. The Balaban J connectivity index is 2.21. The van der Waals surface area contributed by atoms with Crippen LogP contribution in [0, 0.1) is 6.92 Å². The van der Waals surface area contributed by atoms with Crippen LogP contribution in [0.5, 0.6) is 0 Å². The maximum atomic E-state index is 6.29. The molecule has 0 spiro atoms. The summed E-state index contributed by atoms with van der Waals surface area (Å²) in [6.07, 6.45) is 0. The molecule has 0 unspecified atom stereocenters. The fourth-order valence-corrected chi connectivity index (χ4v) is 2.36. The average molecular weight is 304 g/mol. The summed E-state index contributed by atoms with van der Waals surface area (Å²) in [5, 5.41) is 3.94. The number of benzene rings is 1. The molecule has 2 aromatic rings. The topological polar surface area (TPSA) is 28.2 Å². The van der Waals surface area contributed by atoms with Gasteiger partial charge in [-0.3, -0.25) is 0 Å². The largest absolute Gasteiger partial charge is 0.370 e. The number of rotatable bonds is 6. The second-order valence-corrected chi connectivity index (χ2v) is 5.41. The van der Waals surface area contributed by atoms with E-state index in [-0.39, 0.29) is 0 Å². The van der Waals surface area contributed by atoms with Gasteiger partial charge in [0, 0.05) is 18.8 Å². The molecular weight excluding hydrogens is 282 g/mol. The van der Waals surface area contributed by atoms with E-state index in [0.29, 0.717) is 11.6 Å². The first kappa shape index (κ1) is 15.6. The predicted molar refractivity (Wildman–Crippen MR) is 91.3 cm³/mol. The molecule has 2 rings (SSSR count). The van der Waals surface area contributed by atoms with Crippen LogP contribution in [0.15, 0.2) is 36.4 Å². The number of nitrogens with one attached hydrogen (secondary N) is 1. The molecule has 0 amide bonds. The lowest BCUT2D eigenvalue weighted by Gasteiger charge is -2.23. The molecule has 112 valence electrons. The van der Waals surface area contributed by atoms with E-state index in [2.05, 4.69) is 60.2 Å². The highest BCUT2D eigenvalue weighted by molar-refractivity contribution is 6.31. The summed E-state index contributed by atoms with van der Waals surface area (Å²) < 4.78 is 0. The molecule has 1 N–H and O–H groups in total. The van der Waals surface area contributed by atoms with Gasteiger partial charge in [-0.1, -0.05) is 29.3 Å². The van der Waals surface area contributed by atoms with E-state index in [1.807, 2.05) is 12.1 Å². The fraction of sp³-hybridized carbons (Fsp3) is 0.353. The van der Waals surface area contributed by atoms with E-state index in [1.165, 1.54) is 11.3 Å². The van der Waals surface area contributed by atoms with Crippen LogP contribution < -0.4 is 10.2 Å². The molecule has 0 fully saturated rings. The lowest BCUT2D eigenvalue weighted by Crippen LogP contribution is -2.23. The van der Waals surface area contributed by atoms with Crippen molar-refractivity contribution in [2.45, 2.75) is 27.3 Å². The van der Waals surface area contributed by atoms with Gasteiger partial charge in [-0.2, -0.15) is 0 Å². The third-order valence-electron chi connectivity index (χ3n) is 3.40. The Hall–Kier alpha value is -1.74. The minimum atomic E-state index is 0.706. The summed E-state index contributed by atoms with van der Waals surface area (Å²) in [4.78, 5) is 6.88. The molecule has 1 aromatic carbocycles. The predicted octanol–water partition coefficient (Wildman–Crippen LogP) is 4.50. The van der Waals surface area contributed by atoms with Crippen molar-refractivity contribution in [3.8, 4) is 0 Å². The molecule has 3 nitrogen and oxygen atoms in total. The molecule has 0 aliphatic heterocycles. The highest BCUT2D eigenvalue weighted by atomic mass is 35.5. The Kier molecular flexibility index (Phi) is 5.45. The van der Waals surface area contributed by atoms with Crippen molar-refractivity contribution < 1.29 is 0 Å². The molecule has 0 saturated carbocycles. The van der Waals surface area contributed by atoms with Crippen LogP contribution in [0.2, 0.25) is 5.02 Å². The molecule has 4 heteroatoms. The van der Waals surface area contributed by atoms with Crippen molar-refractivity contribution in [1.82, 2.24) is 4.98 Å². The minimum Gasteiger partial charge on any atom is -0.370 e. The van der Waals surface area contributed by atoms with Gasteiger partial charge >= 0.3 is 0 Å². The van der Waals surface area contributed by atoms with E-state index in [4.69, 9.17) is 11.6 Å². The number of halogens is 1. The van der Waals surface area contributed by atoms with Crippen molar-refractivity contribution in [3.63, 3.8) is 0 Å². The van der Waals surface area contributed by atoms with Gasteiger partial charge in [-0.25, -0.2) is 4.98 Å². The summed E-state index contributed by atoms with van der Waals surface area (Å²) in [6.45, 7) is 8.76. The Labute approximate surface area is 132 Å². The molecule has 0 bridgehead atoms. The number of aromatic nitrogens is 1. The van der Waals surface area contributed by atoms with Gasteiger partial charge in [-0.05, 0) is 45.0 Å². The Morgan fingerprint density at radius 1 is 1.10 bits per heavy atom. The first-order valence-corrected chi connectivity index (χ1v) is 7.72. The van der Waals surface area contributed by atoms with Gasteiger partial charge in [0.25, 0.3) is 0 Å². The van der Waals surface area contributed by atoms with Gasteiger partial charge in [0.1, 0.15) is 5.82 Å². The molecule has 0 aliphatic rings. The summed E-state index contributed by atoms with van der Waals surface area (Å²) in [5.41, 5.74) is 3.35. The summed E-state index contributed by atoms with van der Waals surface area (Å²) in [5.74, 6) is 0.872. The van der Waals surface area contributed by atoms with E-state index >= 15 is 0 Å². The van der Waals surface area contributed by atoms with Crippen molar-refractivity contribution in [2.24, 2.45) is 0 Å². The van der Waals surface area contributed by atoms with E-state index in [0.717, 1.165) is 24.6 Å².